The van der Waals surface area contributed by atoms with E-state index >= 15 is 0 Å². The van der Waals surface area contributed by atoms with E-state index in [9.17, 15) is 9.90 Å². The summed E-state index contributed by atoms with van der Waals surface area (Å²) in [6.07, 6.45) is 3.86. The van der Waals surface area contributed by atoms with Gasteiger partial charge in [-0.25, -0.2) is 0 Å². The number of anilines is 2. The molecule has 4 aromatic carbocycles. The van der Waals surface area contributed by atoms with Gasteiger partial charge in [-0.15, -0.1) is 0 Å². The number of amides is 1. The number of aromatic hydroxyl groups is 1. The highest BCUT2D eigenvalue weighted by Gasteiger charge is 2.20. The van der Waals surface area contributed by atoms with Crippen molar-refractivity contribution in [2.45, 2.75) is 19.3 Å². The molecule has 0 aliphatic carbocycles. The van der Waals surface area contributed by atoms with Crippen LogP contribution in [0.25, 0.3) is 11.1 Å². The molecule has 1 aliphatic heterocycles. The summed E-state index contributed by atoms with van der Waals surface area (Å²) < 4.78 is 5.95. The third-order valence-corrected chi connectivity index (χ3v) is 6.77. The Morgan fingerprint density at radius 3 is 1.97 bits per heavy atom. The van der Waals surface area contributed by atoms with E-state index < -0.39 is 0 Å². The van der Waals surface area contributed by atoms with Crippen LogP contribution in [0.15, 0.2) is 103 Å². The van der Waals surface area contributed by atoms with E-state index in [4.69, 9.17) is 4.74 Å². The minimum atomic E-state index is -0.155. The van der Waals surface area contributed by atoms with Gasteiger partial charge >= 0.3 is 0 Å². The van der Waals surface area contributed by atoms with Crippen LogP contribution in [0, 0.1) is 0 Å². The molecule has 0 saturated carbocycles. The molecule has 0 atom stereocenters. The Hall–Kier alpha value is -4.09. The highest BCUT2D eigenvalue weighted by molar-refractivity contribution is 6.11. The first-order valence-corrected chi connectivity index (χ1v) is 12.9. The molecule has 0 radical (unpaired) electrons. The second-order valence-corrected chi connectivity index (χ2v) is 9.35. The lowest BCUT2D eigenvalue weighted by Gasteiger charge is -2.26. The Labute approximate surface area is 218 Å². The van der Waals surface area contributed by atoms with Gasteiger partial charge in [-0.3, -0.25) is 14.6 Å². The van der Waals surface area contributed by atoms with Crippen molar-refractivity contribution >= 4 is 17.3 Å². The van der Waals surface area contributed by atoms with E-state index in [1.807, 2.05) is 66.7 Å². The van der Waals surface area contributed by atoms with Gasteiger partial charge in [-0.2, -0.15) is 0 Å². The van der Waals surface area contributed by atoms with Gasteiger partial charge in [0.1, 0.15) is 18.1 Å². The van der Waals surface area contributed by atoms with Gasteiger partial charge in [0.2, 0.25) is 0 Å². The van der Waals surface area contributed by atoms with E-state index in [-0.39, 0.29) is 11.7 Å². The van der Waals surface area contributed by atoms with Gasteiger partial charge in [-0.1, -0.05) is 48.9 Å². The first kappa shape index (κ1) is 24.6. The molecule has 0 unspecified atom stereocenters. The minimum Gasteiger partial charge on any atom is -0.508 e. The maximum absolute atomic E-state index is 13.7. The second kappa shape index (κ2) is 11.8. The Bertz CT molecular complexity index is 1280. The van der Waals surface area contributed by atoms with Gasteiger partial charge in [-0.05, 0) is 97.7 Å². The summed E-state index contributed by atoms with van der Waals surface area (Å²) in [6, 6.07) is 32.1. The van der Waals surface area contributed by atoms with Crippen molar-refractivity contribution in [1.82, 2.24) is 4.90 Å². The van der Waals surface area contributed by atoms with E-state index in [2.05, 4.69) is 17.0 Å². The number of hydrogen-bond donors (Lipinski definition) is 1. The summed E-state index contributed by atoms with van der Waals surface area (Å²) in [5, 5.41) is 9.79. The molecule has 188 valence electrons. The number of likely N-dealkylation sites (tertiary alicyclic amines) is 1. The number of nitrogens with zero attached hydrogens (tertiary/aromatic N) is 2. The van der Waals surface area contributed by atoms with Crippen LogP contribution in [0.4, 0.5) is 11.4 Å². The van der Waals surface area contributed by atoms with E-state index in [0.29, 0.717) is 17.9 Å². The molecule has 1 amide bonds. The zero-order chi connectivity index (χ0) is 25.5. The monoisotopic (exact) mass is 492 g/mol. The van der Waals surface area contributed by atoms with Crippen LogP contribution in [-0.2, 0) is 0 Å². The largest absolute Gasteiger partial charge is 0.508 e. The van der Waals surface area contributed by atoms with E-state index in [1.54, 1.807) is 29.2 Å². The van der Waals surface area contributed by atoms with Crippen LogP contribution >= 0.6 is 0 Å². The van der Waals surface area contributed by atoms with Gasteiger partial charge in [0.25, 0.3) is 5.91 Å². The number of hydrogen-bond acceptors (Lipinski definition) is 4. The second-order valence-electron chi connectivity index (χ2n) is 9.35. The molecule has 1 heterocycles. The number of phenols is 1. The van der Waals surface area contributed by atoms with Crippen LogP contribution in [0.5, 0.6) is 11.5 Å². The van der Waals surface area contributed by atoms with E-state index in [1.165, 1.54) is 19.3 Å². The predicted molar refractivity (Wildman–Crippen MR) is 149 cm³/mol. The summed E-state index contributed by atoms with van der Waals surface area (Å²) in [5.41, 5.74) is 4.18. The fraction of sp³-hybridized carbons (Fsp3) is 0.219. The first-order valence-electron chi connectivity index (χ1n) is 12.9. The smallest absolute Gasteiger partial charge is 0.262 e. The molecule has 1 saturated heterocycles. The molecule has 0 spiro atoms. The van der Waals surface area contributed by atoms with Crippen molar-refractivity contribution in [3.8, 4) is 22.6 Å². The van der Waals surface area contributed by atoms with E-state index in [0.717, 1.165) is 42.2 Å². The van der Waals surface area contributed by atoms with Gasteiger partial charge in [0, 0.05) is 23.5 Å². The van der Waals surface area contributed by atoms with Crippen molar-refractivity contribution in [3.63, 3.8) is 0 Å². The lowest BCUT2D eigenvalue weighted by molar-refractivity contribution is 0.0999. The molecule has 5 nitrogen and oxygen atoms in total. The molecule has 1 N–H and O–H groups in total. The molecule has 1 aliphatic rings. The van der Waals surface area contributed by atoms with Crippen LogP contribution in [0.2, 0.25) is 0 Å². The first-order chi connectivity index (χ1) is 18.2. The van der Waals surface area contributed by atoms with Crippen LogP contribution in [0.3, 0.4) is 0 Å². The van der Waals surface area contributed by atoms with Crippen LogP contribution < -0.4 is 9.64 Å². The summed E-state index contributed by atoms with van der Waals surface area (Å²) in [7, 11) is 0. The number of ether oxygens (including phenoxy) is 1. The summed E-state index contributed by atoms with van der Waals surface area (Å²) in [4.78, 5) is 17.8. The number of carbonyl (C=O) groups is 1. The zero-order valence-electron chi connectivity index (χ0n) is 20.9. The topological polar surface area (TPSA) is 53.0 Å². The zero-order valence-corrected chi connectivity index (χ0v) is 20.9. The quantitative estimate of drug-likeness (QED) is 0.291. The fourth-order valence-electron chi connectivity index (χ4n) is 4.72. The molecule has 0 bridgehead atoms. The Morgan fingerprint density at radius 1 is 0.730 bits per heavy atom. The number of rotatable bonds is 8. The normalized spacial score (nSPS) is 13.7. The third kappa shape index (κ3) is 6.19. The summed E-state index contributed by atoms with van der Waals surface area (Å²) in [6.45, 7) is 3.86. The minimum absolute atomic E-state index is 0.154. The summed E-state index contributed by atoms with van der Waals surface area (Å²) >= 11 is 0. The molecule has 0 aromatic heterocycles. The predicted octanol–water partition coefficient (Wildman–Crippen LogP) is 6.90. The molecule has 5 rings (SSSR count). The van der Waals surface area contributed by atoms with Gasteiger partial charge in [0.15, 0.2) is 0 Å². The lowest BCUT2D eigenvalue weighted by Crippen LogP contribution is -2.33. The summed E-state index contributed by atoms with van der Waals surface area (Å²) in [5.74, 6) is 0.761. The van der Waals surface area contributed by atoms with Crippen molar-refractivity contribution < 1.29 is 14.6 Å². The lowest BCUT2D eigenvalue weighted by atomic mass is 10.0. The molecule has 1 fully saturated rings. The molecule has 4 aromatic rings. The average molecular weight is 493 g/mol. The highest BCUT2D eigenvalue weighted by Crippen LogP contribution is 2.31. The highest BCUT2D eigenvalue weighted by atomic mass is 16.5. The van der Waals surface area contributed by atoms with Gasteiger partial charge < -0.3 is 9.84 Å². The Morgan fingerprint density at radius 2 is 1.32 bits per heavy atom. The van der Waals surface area contributed by atoms with Crippen LogP contribution in [0.1, 0.15) is 29.6 Å². The number of carbonyl (C=O) groups excluding carboxylic acids is 1. The van der Waals surface area contributed by atoms with Crippen LogP contribution in [-0.4, -0.2) is 42.2 Å². The van der Waals surface area contributed by atoms with Gasteiger partial charge in [0.05, 0.1) is 0 Å². The van der Waals surface area contributed by atoms with Crippen molar-refractivity contribution in [2.24, 2.45) is 0 Å². The van der Waals surface area contributed by atoms with Crippen molar-refractivity contribution in [1.29, 1.82) is 0 Å². The standard InChI is InChI=1S/C32H32N2O3/c35-30-17-15-29(16-18-30)34(28-13-9-26(10-14-28)25-7-3-1-4-8-25)32(36)27-11-19-31(20-12-27)37-24-23-33-21-5-2-6-22-33/h1,3-4,7-20,35H,2,5-6,21-24H2. The molecule has 5 heteroatoms. The Kier molecular flexibility index (Phi) is 7.82. The number of phenolic OH excluding ortho intramolecular Hbond substituents is 1. The van der Waals surface area contributed by atoms with Crippen molar-refractivity contribution in [2.75, 3.05) is 31.1 Å². The molecular formula is C32H32N2O3. The molecular weight excluding hydrogens is 460 g/mol. The number of benzene rings is 4. The molecule has 37 heavy (non-hydrogen) atoms. The SMILES string of the molecule is O=C(c1ccc(OCCN2CCCCC2)cc1)N(c1ccc(O)cc1)c1ccc(-c2ccccc2)cc1. The average Bonchev–Trinajstić information content (AvgIpc) is 2.96. The maximum atomic E-state index is 13.7. The Balaban J connectivity index is 1.33. The maximum Gasteiger partial charge on any atom is 0.262 e. The third-order valence-electron chi connectivity index (χ3n) is 6.77. The van der Waals surface area contributed by atoms with Crippen molar-refractivity contribution in [3.05, 3.63) is 109 Å². The fourth-order valence-corrected chi connectivity index (χ4v) is 4.72. The number of piperidine rings is 1.